The van der Waals surface area contributed by atoms with Crippen LogP contribution in [0.2, 0.25) is 5.02 Å². The van der Waals surface area contributed by atoms with Gasteiger partial charge in [-0.1, -0.05) is 60.8 Å². The van der Waals surface area contributed by atoms with Gasteiger partial charge in [-0.3, -0.25) is 9.59 Å². The number of hydrogen-bond donors (Lipinski definition) is 3. The predicted molar refractivity (Wildman–Crippen MR) is 124 cm³/mol. The average Bonchev–Trinajstić information content (AvgIpc) is 2.79. The molecular formula is C25H25ClN2O3. The Morgan fingerprint density at radius 1 is 0.935 bits per heavy atom. The Bertz CT molecular complexity index is 1110. The maximum Gasteiger partial charge on any atom is 0.256 e. The van der Waals surface area contributed by atoms with Crippen molar-refractivity contribution in [2.75, 3.05) is 11.9 Å². The first-order chi connectivity index (χ1) is 15.0. The van der Waals surface area contributed by atoms with E-state index in [0.717, 1.165) is 36.5 Å². The van der Waals surface area contributed by atoms with Crippen molar-refractivity contribution in [1.82, 2.24) is 5.32 Å². The van der Waals surface area contributed by atoms with E-state index in [1.54, 1.807) is 24.3 Å². The number of benzene rings is 3. The number of halogens is 1. The van der Waals surface area contributed by atoms with Gasteiger partial charge in [-0.05, 0) is 47.9 Å². The van der Waals surface area contributed by atoms with E-state index in [4.69, 9.17) is 11.6 Å². The Balaban J connectivity index is 1.53. The first kappa shape index (κ1) is 21.3. The van der Waals surface area contributed by atoms with Crippen LogP contribution in [-0.2, 0) is 0 Å². The second-order valence-corrected chi connectivity index (χ2v) is 8.43. The molecule has 160 valence electrons. The molecule has 31 heavy (non-hydrogen) atoms. The van der Waals surface area contributed by atoms with Gasteiger partial charge >= 0.3 is 0 Å². The molecule has 3 N–H and O–H groups in total. The van der Waals surface area contributed by atoms with Gasteiger partial charge in [0.1, 0.15) is 0 Å². The summed E-state index contributed by atoms with van der Waals surface area (Å²) in [7, 11) is 0. The third-order valence-corrected chi connectivity index (χ3v) is 6.14. The lowest BCUT2D eigenvalue weighted by Gasteiger charge is -2.27. The summed E-state index contributed by atoms with van der Waals surface area (Å²) in [5, 5.41) is 18.1. The van der Waals surface area contributed by atoms with Gasteiger partial charge in [-0.25, -0.2) is 0 Å². The highest BCUT2D eigenvalue weighted by Gasteiger charge is 2.24. The van der Waals surface area contributed by atoms with E-state index < -0.39 is 0 Å². The van der Waals surface area contributed by atoms with E-state index >= 15 is 0 Å². The van der Waals surface area contributed by atoms with Crippen LogP contribution in [0.5, 0.6) is 0 Å². The molecule has 1 aliphatic carbocycles. The number of hydrogen-bond acceptors (Lipinski definition) is 3. The topological polar surface area (TPSA) is 78.4 Å². The number of nitrogens with one attached hydrogen (secondary N) is 2. The van der Waals surface area contributed by atoms with Crippen LogP contribution in [-0.4, -0.2) is 29.6 Å². The molecular weight excluding hydrogens is 412 g/mol. The zero-order chi connectivity index (χ0) is 21.8. The van der Waals surface area contributed by atoms with Crippen LogP contribution >= 0.6 is 11.6 Å². The normalized spacial score (nSPS) is 18.5. The Hall–Kier alpha value is -2.89. The van der Waals surface area contributed by atoms with Crippen molar-refractivity contribution >= 4 is 39.9 Å². The molecule has 0 aliphatic heterocycles. The Morgan fingerprint density at radius 3 is 2.55 bits per heavy atom. The third kappa shape index (κ3) is 4.89. The summed E-state index contributed by atoms with van der Waals surface area (Å²) in [5.74, 6) is -0.574. The van der Waals surface area contributed by atoms with Crippen molar-refractivity contribution in [2.45, 2.75) is 31.8 Å². The minimum atomic E-state index is -0.390. The van der Waals surface area contributed by atoms with Crippen molar-refractivity contribution in [3.05, 3.63) is 76.8 Å². The minimum Gasteiger partial charge on any atom is -0.393 e. The van der Waals surface area contributed by atoms with E-state index in [9.17, 15) is 14.7 Å². The van der Waals surface area contributed by atoms with Crippen molar-refractivity contribution in [3.8, 4) is 0 Å². The Morgan fingerprint density at radius 2 is 1.71 bits per heavy atom. The number of amides is 2. The van der Waals surface area contributed by atoms with Crippen molar-refractivity contribution in [2.24, 2.45) is 5.92 Å². The van der Waals surface area contributed by atoms with Gasteiger partial charge in [0, 0.05) is 23.0 Å². The lowest BCUT2D eigenvalue weighted by Crippen LogP contribution is -2.37. The fourth-order valence-electron chi connectivity index (χ4n) is 4.17. The van der Waals surface area contributed by atoms with E-state index in [2.05, 4.69) is 10.6 Å². The molecule has 3 aromatic rings. The summed E-state index contributed by atoms with van der Waals surface area (Å²) in [6, 6.07) is 18.0. The highest BCUT2D eigenvalue weighted by atomic mass is 35.5. The maximum absolute atomic E-state index is 13.0. The number of fused-ring (bicyclic) bond motifs is 1. The molecule has 2 atom stereocenters. The highest BCUT2D eigenvalue weighted by Crippen LogP contribution is 2.26. The molecule has 0 spiro atoms. The minimum absolute atomic E-state index is 0.0469. The Labute approximate surface area is 186 Å². The van der Waals surface area contributed by atoms with E-state index in [1.165, 1.54) is 0 Å². The lowest BCUT2D eigenvalue weighted by molar-refractivity contribution is 0.0663. The summed E-state index contributed by atoms with van der Waals surface area (Å²) in [6.45, 7) is 0.392. The van der Waals surface area contributed by atoms with Crippen LogP contribution in [0.3, 0.4) is 0 Å². The zero-order valence-electron chi connectivity index (χ0n) is 17.1. The van der Waals surface area contributed by atoms with Crippen LogP contribution in [0, 0.1) is 5.92 Å². The number of rotatable bonds is 5. The number of anilines is 1. The molecule has 0 heterocycles. The van der Waals surface area contributed by atoms with Crippen LogP contribution in [0.4, 0.5) is 5.69 Å². The first-order valence-corrected chi connectivity index (χ1v) is 11.0. The van der Waals surface area contributed by atoms with Gasteiger partial charge in [-0.15, -0.1) is 0 Å². The maximum atomic E-state index is 13.0. The third-order valence-electron chi connectivity index (χ3n) is 5.90. The molecule has 0 aromatic heterocycles. The zero-order valence-corrected chi connectivity index (χ0v) is 17.9. The van der Waals surface area contributed by atoms with Crippen molar-refractivity contribution in [3.63, 3.8) is 0 Å². The molecule has 2 amide bonds. The number of aliphatic hydroxyl groups excluding tert-OH is 1. The van der Waals surface area contributed by atoms with E-state index in [1.807, 2.05) is 36.4 Å². The van der Waals surface area contributed by atoms with Crippen LogP contribution in [0.1, 0.15) is 46.4 Å². The predicted octanol–water partition coefficient (Wildman–Crippen LogP) is 5.03. The summed E-state index contributed by atoms with van der Waals surface area (Å²) in [6.07, 6.45) is 3.34. The fraction of sp³-hybridized carbons (Fsp3) is 0.280. The summed E-state index contributed by atoms with van der Waals surface area (Å²) >= 11 is 6.13. The Kier molecular flexibility index (Phi) is 6.54. The number of carbonyl (C=O) groups excluding carboxylic acids is 2. The number of carbonyl (C=O) groups is 2. The van der Waals surface area contributed by atoms with Crippen LogP contribution in [0.25, 0.3) is 10.8 Å². The number of aliphatic hydroxyl groups is 1. The quantitative estimate of drug-likeness (QED) is 0.525. The molecule has 0 bridgehead atoms. The van der Waals surface area contributed by atoms with Gasteiger partial charge in [0.2, 0.25) is 0 Å². The van der Waals surface area contributed by atoms with Gasteiger partial charge in [0.15, 0.2) is 0 Å². The molecule has 5 nitrogen and oxygen atoms in total. The smallest absolute Gasteiger partial charge is 0.256 e. The van der Waals surface area contributed by atoms with Gasteiger partial charge in [-0.2, -0.15) is 0 Å². The lowest BCUT2D eigenvalue weighted by atomic mass is 9.86. The second-order valence-electron chi connectivity index (χ2n) is 7.99. The van der Waals surface area contributed by atoms with Gasteiger partial charge in [0.05, 0.1) is 17.4 Å². The molecule has 6 heteroatoms. The van der Waals surface area contributed by atoms with Crippen LogP contribution < -0.4 is 10.6 Å². The molecule has 0 radical (unpaired) electrons. The second kappa shape index (κ2) is 9.50. The molecule has 3 aromatic carbocycles. The summed E-state index contributed by atoms with van der Waals surface area (Å²) < 4.78 is 0. The average molecular weight is 437 g/mol. The molecule has 0 saturated heterocycles. The fourth-order valence-corrected chi connectivity index (χ4v) is 4.34. The van der Waals surface area contributed by atoms with E-state index in [-0.39, 0.29) is 23.8 Å². The first-order valence-electron chi connectivity index (χ1n) is 10.6. The van der Waals surface area contributed by atoms with Crippen molar-refractivity contribution in [1.29, 1.82) is 0 Å². The molecule has 1 fully saturated rings. The van der Waals surface area contributed by atoms with Crippen molar-refractivity contribution < 1.29 is 14.7 Å². The summed E-state index contributed by atoms with van der Waals surface area (Å²) in [4.78, 5) is 25.9. The standard InChI is InChI=1S/C25H25ClN2O3/c26-18-12-13-22(21(14-18)24(30)27-15-17-7-2-4-11-23(17)29)28-25(31)20-10-5-8-16-6-1-3-9-19(16)20/h1,3,5-6,8-10,12-14,17,23,29H,2,4,7,11,15H2,(H,27,30)(H,28,31). The van der Waals surface area contributed by atoms with Gasteiger partial charge in [0.25, 0.3) is 11.8 Å². The van der Waals surface area contributed by atoms with Crippen LogP contribution in [0.15, 0.2) is 60.7 Å². The monoisotopic (exact) mass is 436 g/mol. The molecule has 4 rings (SSSR count). The summed E-state index contributed by atoms with van der Waals surface area (Å²) in [5.41, 5.74) is 1.22. The SMILES string of the molecule is O=C(NCC1CCCCC1O)c1cc(Cl)ccc1NC(=O)c1cccc2ccccc12. The van der Waals surface area contributed by atoms with E-state index in [0.29, 0.717) is 28.4 Å². The molecule has 1 aliphatic rings. The largest absolute Gasteiger partial charge is 0.393 e. The molecule has 1 saturated carbocycles. The highest BCUT2D eigenvalue weighted by molar-refractivity contribution is 6.31. The molecule has 2 unspecified atom stereocenters. The van der Waals surface area contributed by atoms with Gasteiger partial charge < -0.3 is 15.7 Å².